The van der Waals surface area contributed by atoms with Crippen LogP contribution in [-0.2, 0) is 4.74 Å². The molecule has 0 aromatic heterocycles. The fraction of sp³-hybridized carbons (Fsp3) is 0.909. The third-order valence-corrected chi connectivity index (χ3v) is 2.52. The average molecular weight is 215 g/mol. The zero-order valence-corrected chi connectivity index (χ0v) is 9.75. The zero-order chi connectivity index (χ0) is 11.5. The molecule has 0 radical (unpaired) electrons. The van der Waals surface area contributed by atoms with E-state index in [0.29, 0.717) is 5.92 Å². The van der Waals surface area contributed by atoms with E-state index >= 15 is 0 Å². The zero-order valence-electron chi connectivity index (χ0n) is 9.75. The van der Waals surface area contributed by atoms with Crippen LogP contribution in [0, 0.1) is 5.92 Å². The number of carbonyl (C=O) groups excluding carboxylic acids is 1. The van der Waals surface area contributed by atoms with E-state index in [9.17, 15) is 4.79 Å². The van der Waals surface area contributed by atoms with Crippen molar-refractivity contribution in [2.75, 3.05) is 6.61 Å². The molecule has 1 saturated carbocycles. The second-order valence-electron chi connectivity index (χ2n) is 5.20. The largest absolute Gasteiger partial charge is 0.444 e. The standard InChI is InChI=1S/C11H21NO3/c1-11(2,3)15-10(14)12-9-5-4-8(6-9)7-13/h8-9,13H,4-7H2,1-3H3,(H,12,14)/t8-,9?/m0/s1. The third kappa shape index (κ3) is 4.51. The molecule has 1 unspecified atom stereocenters. The molecule has 0 spiro atoms. The first kappa shape index (κ1) is 12.3. The van der Waals surface area contributed by atoms with Gasteiger partial charge in [-0.05, 0) is 46.0 Å². The van der Waals surface area contributed by atoms with Gasteiger partial charge in [0.25, 0.3) is 0 Å². The van der Waals surface area contributed by atoms with Crippen molar-refractivity contribution in [1.82, 2.24) is 5.32 Å². The molecule has 0 aliphatic heterocycles. The molecule has 0 bridgehead atoms. The van der Waals surface area contributed by atoms with Crippen LogP contribution in [0.3, 0.4) is 0 Å². The quantitative estimate of drug-likeness (QED) is 0.736. The molecule has 2 N–H and O–H groups in total. The Morgan fingerprint density at radius 3 is 2.60 bits per heavy atom. The predicted octanol–water partition coefficient (Wildman–Crippen LogP) is 1.67. The SMILES string of the molecule is CC(C)(C)OC(=O)NC1CC[C@H](CO)C1. The minimum Gasteiger partial charge on any atom is -0.444 e. The summed E-state index contributed by atoms with van der Waals surface area (Å²) in [4.78, 5) is 11.4. The lowest BCUT2D eigenvalue weighted by Gasteiger charge is -2.21. The third-order valence-electron chi connectivity index (χ3n) is 2.52. The number of nitrogens with one attached hydrogen (secondary N) is 1. The van der Waals surface area contributed by atoms with Crippen LogP contribution in [0.2, 0.25) is 0 Å². The molecule has 0 saturated heterocycles. The number of rotatable bonds is 2. The highest BCUT2D eigenvalue weighted by molar-refractivity contribution is 5.68. The molecule has 4 heteroatoms. The first-order valence-electron chi connectivity index (χ1n) is 5.51. The molecule has 2 atom stereocenters. The van der Waals surface area contributed by atoms with Gasteiger partial charge in [-0.25, -0.2) is 4.79 Å². The number of carbonyl (C=O) groups is 1. The average Bonchev–Trinajstić information content (AvgIpc) is 2.48. The molecule has 1 aliphatic rings. The van der Waals surface area contributed by atoms with Crippen molar-refractivity contribution >= 4 is 6.09 Å². The molecule has 1 rings (SSSR count). The number of aliphatic hydroxyl groups excluding tert-OH is 1. The second kappa shape index (κ2) is 4.84. The highest BCUT2D eigenvalue weighted by atomic mass is 16.6. The molecular formula is C11H21NO3. The Hall–Kier alpha value is -0.770. The van der Waals surface area contributed by atoms with Gasteiger partial charge in [0.05, 0.1) is 0 Å². The van der Waals surface area contributed by atoms with Crippen LogP contribution in [0.15, 0.2) is 0 Å². The summed E-state index contributed by atoms with van der Waals surface area (Å²) in [6, 6.07) is 0.164. The van der Waals surface area contributed by atoms with Crippen molar-refractivity contribution in [3.05, 3.63) is 0 Å². The number of hydrogen-bond acceptors (Lipinski definition) is 3. The lowest BCUT2D eigenvalue weighted by molar-refractivity contribution is 0.0503. The maximum Gasteiger partial charge on any atom is 0.407 e. The van der Waals surface area contributed by atoms with Gasteiger partial charge in [-0.15, -0.1) is 0 Å². The summed E-state index contributed by atoms with van der Waals surface area (Å²) in [5.74, 6) is 0.338. The Kier molecular flexibility index (Phi) is 3.97. The van der Waals surface area contributed by atoms with Gasteiger partial charge in [0.2, 0.25) is 0 Å². The highest BCUT2D eigenvalue weighted by Crippen LogP contribution is 2.25. The molecular weight excluding hydrogens is 194 g/mol. The normalized spacial score (nSPS) is 26.4. The first-order chi connectivity index (χ1) is 6.90. The van der Waals surface area contributed by atoms with Gasteiger partial charge in [0, 0.05) is 12.6 Å². The van der Waals surface area contributed by atoms with Gasteiger partial charge in [0.1, 0.15) is 5.60 Å². The Morgan fingerprint density at radius 1 is 1.47 bits per heavy atom. The summed E-state index contributed by atoms with van der Waals surface area (Å²) >= 11 is 0. The van der Waals surface area contributed by atoms with Gasteiger partial charge in [-0.2, -0.15) is 0 Å². The van der Waals surface area contributed by atoms with Crippen molar-refractivity contribution in [2.45, 2.75) is 51.7 Å². The fourth-order valence-electron chi connectivity index (χ4n) is 1.85. The van der Waals surface area contributed by atoms with E-state index in [1.807, 2.05) is 20.8 Å². The lowest BCUT2D eigenvalue weighted by Crippen LogP contribution is -2.38. The molecule has 0 aromatic carbocycles. The predicted molar refractivity (Wildman–Crippen MR) is 57.6 cm³/mol. The second-order valence-corrected chi connectivity index (χ2v) is 5.20. The molecule has 1 fully saturated rings. The maximum absolute atomic E-state index is 11.4. The molecule has 0 aromatic rings. The van der Waals surface area contributed by atoms with Gasteiger partial charge in [-0.3, -0.25) is 0 Å². The Labute approximate surface area is 91.0 Å². The summed E-state index contributed by atoms with van der Waals surface area (Å²) in [6.07, 6.45) is 2.42. The minimum atomic E-state index is -0.445. The van der Waals surface area contributed by atoms with Crippen molar-refractivity contribution in [1.29, 1.82) is 0 Å². The maximum atomic E-state index is 11.4. The van der Waals surface area contributed by atoms with Gasteiger partial charge < -0.3 is 15.2 Å². The van der Waals surface area contributed by atoms with Crippen LogP contribution in [0.4, 0.5) is 4.79 Å². The molecule has 1 aliphatic carbocycles. The van der Waals surface area contributed by atoms with E-state index in [4.69, 9.17) is 9.84 Å². The molecule has 4 nitrogen and oxygen atoms in total. The summed E-state index contributed by atoms with van der Waals surface area (Å²) in [6.45, 7) is 5.75. The van der Waals surface area contributed by atoms with E-state index in [0.717, 1.165) is 19.3 Å². The molecule has 1 amide bonds. The molecule has 88 valence electrons. The van der Waals surface area contributed by atoms with Crippen molar-refractivity contribution in [3.63, 3.8) is 0 Å². The van der Waals surface area contributed by atoms with Gasteiger partial charge in [-0.1, -0.05) is 0 Å². The number of aliphatic hydroxyl groups is 1. The molecule has 15 heavy (non-hydrogen) atoms. The van der Waals surface area contributed by atoms with E-state index in [1.54, 1.807) is 0 Å². The van der Waals surface area contributed by atoms with Crippen LogP contribution in [0.1, 0.15) is 40.0 Å². The summed E-state index contributed by atoms with van der Waals surface area (Å²) in [5, 5.41) is 11.8. The summed E-state index contributed by atoms with van der Waals surface area (Å²) in [7, 11) is 0. The molecule has 0 heterocycles. The number of amides is 1. The summed E-state index contributed by atoms with van der Waals surface area (Å²) < 4.78 is 5.16. The lowest BCUT2D eigenvalue weighted by atomic mass is 10.1. The van der Waals surface area contributed by atoms with Gasteiger partial charge >= 0.3 is 6.09 Å². The Balaban J connectivity index is 2.28. The topological polar surface area (TPSA) is 58.6 Å². The Bertz CT molecular complexity index is 222. The van der Waals surface area contributed by atoms with Crippen molar-refractivity contribution in [2.24, 2.45) is 5.92 Å². The van der Waals surface area contributed by atoms with Crippen LogP contribution in [0.5, 0.6) is 0 Å². The summed E-state index contributed by atoms with van der Waals surface area (Å²) in [5.41, 5.74) is -0.445. The van der Waals surface area contributed by atoms with Crippen LogP contribution < -0.4 is 5.32 Å². The first-order valence-corrected chi connectivity index (χ1v) is 5.51. The van der Waals surface area contributed by atoms with Crippen LogP contribution in [-0.4, -0.2) is 29.4 Å². The monoisotopic (exact) mass is 215 g/mol. The number of alkyl carbamates (subject to hydrolysis) is 1. The van der Waals surface area contributed by atoms with Crippen LogP contribution >= 0.6 is 0 Å². The van der Waals surface area contributed by atoms with Crippen molar-refractivity contribution in [3.8, 4) is 0 Å². The number of hydrogen-bond donors (Lipinski definition) is 2. The van der Waals surface area contributed by atoms with E-state index < -0.39 is 5.60 Å². The van der Waals surface area contributed by atoms with Crippen LogP contribution in [0.25, 0.3) is 0 Å². The van der Waals surface area contributed by atoms with Crippen molar-refractivity contribution < 1.29 is 14.6 Å². The Morgan fingerprint density at radius 2 is 2.13 bits per heavy atom. The number of ether oxygens (including phenoxy) is 1. The van der Waals surface area contributed by atoms with E-state index in [-0.39, 0.29) is 18.7 Å². The minimum absolute atomic E-state index is 0.164. The fourth-order valence-corrected chi connectivity index (χ4v) is 1.85. The van der Waals surface area contributed by atoms with E-state index in [2.05, 4.69) is 5.32 Å². The van der Waals surface area contributed by atoms with E-state index in [1.165, 1.54) is 0 Å². The smallest absolute Gasteiger partial charge is 0.407 e. The highest BCUT2D eigenvalue weighted by Gasteiger charge is 2.26. The van der Waals surface area contributed by atoms with Gasteiger partial charge in [0.15, 0.2) is 0 Å².